The first kappa shape index (κ1) is 10.5. The molecule has 76 valence electrons. The summed E-state index contributed by atoms with van der Waals surface area (Å²) in [6, 6.07) is 1.80. The van der Waals surface area contributed by atoms with E-state index in [1.54, 1.807) is 6.07 Å². The number of carbonyl (C=O) groups excluding carboxylic acids is 2. The first-order chi connectivity index (χ1) is 6.74. The standard InChI is InChI=1S/C8H12N4O2/c9-1-2-11-7(13)6-12-4-3-10-5-8(12)14/h10H,2-6H2,(H,11,13). The van der Waals surface area contributed by atoms with Gasteiger partial charge in [0.25, 0.3) is 0 Å². The molecule has 6 heteroatoms. The van der Waals surface area contributed by atoms with Crippen molar-refractivity contribution in [1.82, 2.24) is 15.5 Å². The molecule has 0 aromatic carbocycles. The predicted octanol–water partition coefficient (Wildman–Crippen LogP) is -1.94. The highest BCUT2D eigenvalue weighted by Gasteiger charge is 2.19. The lowest BCUT2D eigenvalue weighted by Crippen LogP contribution is -2.51. The smallest absolute Gasteiger partial charge is 0.240 e. The van der Waals surface area contributed by atoms with Crippen LogP contribution in [0.5, 0.6) is 0 Å². The third-order valence-electron chi connectivity index (χ3n) is 1.89. The number of nitriles is 1. The second kappa shape index (κ2) is 5.19. The molecule has 0 saturated carbocycles. The van der Waals surface area contributed by atoms with Gasteiger partial charge in [0.2, 0.25) is 11.8 Å². The minimum atomic E-state index is -0.290. The number of piperazine rings is 1. The molecule has 1 aliphatic heterocycles. The monoisotopic (exact) mass is 196 g/mol. The minimum Gasteiger partial charge on any atom is -0.341 e. The number of amides is 2. The fraction of sp³-hybridized carbons (Fsp3) is 0.625. The molecule has 0 bridgehead atoms. The summed E-state index contributed by atoms with van der Waals surface area (Å²) in [5.41, 5.74) is 0. The summed E-state index contributed by atoms with van der Waals surface area (Å²) in [5, 5.41) is 13.5. The van der Waals surface area contributed by atoms with E-state index < -0.39 is 0 Å². The molecule has 1 heterocycles. The van der Waals surface area contributed by atoms with E-state index in [2.05, 4.69) is 10.6 Å². The van der Waals surface area contributed by atoms with E-state index in [1.165, 1.54) is 4.90 Å². The molecule has 2 N–H and O–H groups in total. The zero-order valence-corrected chi connectivity index (χ0v) is 7.75. The Kier molecular flexibility index (Phi) is 3.88. The molecule has 0 aromatic rings. The molecule has 0 unspecified atom stereocenters. The van der Waals surface area contributed by atoms with Gasteiger partial charge in [0.1, 0.15) is 6.54 Å². The molecule has 1 aliphatic rings. The summed E-state index contributed by atoms with van der Waals surface area (Å²) in [6.07, 6.45) is 0. The zero-order chi connectivity index (χ0) is 10.4. The Bertz CT molecular complexity index is 271. The van der Waals surface area contributed by atoms with Gasteiger partial charge in [-0.25, -0.2) is 0 Å². The molecule has 0 atom stereocenters. The Balaban J connectivity index is 2.31. The SMILES string of the molecule is N#CCNC(=O)CN1CCNCC1=O. The second-order valence-corrected chi connectivity index (χ2v) is 2.93. The van der Waals surface area contributed by atoms with Crippen LogP contribution in [0.25, 0.3) is 0 Å². The van der Waals surface area contributed by atoms with E-state index in [0.717, 1.165) is 0 Å². The van der Waals surface area contributed by atoms with Crippen LogP contribution in [0.3, 0.4) is 0 Å². The second-order valence-electron chi connectivity index (χ2n) is 2.93. The van der Waals surface area contributed by atoms with Gasteiger partial charge >= 0.3 is 0 Å². The van der Waals surface area contributed by atoms with Crippen LogP contribution in [0.2, 0.25) is 0 Å². The molecule has 2 amide bonds. The number of nitrogens with zero attached hydrogens (tertiary/aromatic N) is 2. The van der Waals surface area contributed by atoms with Gasteiger partial charge in [-0.3, -0.25) is 9.59 Å². The van der Waals surface area contributed by atoms with Crippen LogP contribution in [0.1, 0.15) is 0 Å². The van der Waals surface area contributed by atoms with Gasteiger partial charge in [0.15, 0.2) is 0 Å². The van der Waals surface area contributed by atoms with Crippen molar-refractivity contribution >= 4 is 11.8 Å². The molecule has 0 aromatic heterocycles. The van der Waals surface area contributed by atoms with Gasteiger partial charge in [0.05, 0.1) is 19.2 Å². The molecule has 1 saturated heterocycles. The third-order valence-corrected chi connectivity index (χ3v) is 1.89. The maximum atomic E-state index is 11.2. The first-order valence-corrected chi connectivity index (χ1v) is 4.36. The summed E-state index contributed by atoms with van der Waals surface area (Å²) in [5.74, 6) is -0.370. The maximum Gasteiger partial charge on any atom is 0.240 e. The summed E-state index contributed by atoms with van der Waals surface area (Å²) in [7, 11) is 0. The van der Waals surface area contributed by atoms with Crippen molar-refractivity contribution in [2.45, 2.75) is 0 Å². The molecule has 6 nitrogen and oxygen atoms in total. The molecular formula is C8H12N4O2. The van der Waals surface area contributed by atoms with Crippen molar-refractivity contribution in [3.8, 4) is 6.07 Å². The maximum absolute atomic E-state index is 11.2. The summed E-state index contributed by atoms with van der Waals surface area (Å²) in [4.78, 5) is 23.8. The highest BCUT2D eigenvalue weighted by molar-refractivity contribution is 5.86. The normalized spacial score (nSPS) is 16.2. The quantitative estimate of drug-likeness (QED) is 0.514. The van der Waals surface area contributed by atoms with Gasteiger partial charge in [-0.05, 0) is 0 Å². The number of hydrogen-bond acceptors (Lipinski definition) is 4. The van der Waals surface area contributed by atoms with Crippen molar-refractivity contribution in [1.29, 1.82) is 5.26 Å². The van der Waals surface area contributed by atoms with Crippen LogP contribution < -0.4 is 10.6 Å². The van der Waals surface area contributed by atoms with Gasteiger partial charge in [-0.15, -0.1) is 0 Å². The molecule has 1 rings (SSSR count). The highest BCUT2D eigenvalue weighted by Crippen LogP contribution is 1.93. The predicted molar refractivity (Wildman–Crippen MR) is 48.1 cm³/mol. The van der Waals surface area contributed by atoms with Crippen molar-refractivity contribution in [2.75, 3.05) is 32.7 Å². The lowest BCUT2D eigenvalue weighted by molar-refractivity contribution is -0.136. The van der Waals surface area contributed by atoms with E-state index in [-0.39, 0.29) is 31.4 Å². The summed E-state index contributed by atoms with van der Waals surface area (Å²) in [6.45, 7) is 1.56. The Morgan fingerprint density at radius 1 is 1.71 bits per heavy atom. The minimum absolute atomic E-state index is 0.0148. The molecule has 0 spiro atoms. The Hall–Kier alpha value is -1.61. The van der Waals surface area contributed by atoms with Crippen molar-refractivity contribution in [3.63, 3.8) is 0 Å². The van der Waals surface area contributed by atoms with E-state index >= 15 is 0 Å². The summed E-state index contributed by atoms with van der Waals surface area (Å²) >= 11 is 0. The Morgan fingerprint density at radius 3 is 3.14 bits per heavy atom. The summed E-state index contributed by atoms with van der Waals surface area (Å²) < 4.78 is 0. The van der Waals surface area contributed by atoms with Crippen molar-refractivity contribution in [3.05, 3.63) is 0 Å². The van der Waals surface area contributed by atoms with Gasteiger partial charge in [-0.1, -0.05) is 0 Å². The van der Waals surface area contributed by atoms with Crippen LogP contribution in [-0.2, 0) is 9.59 Å². The fourth-order valence-electron chi connectivity index (χ4n) is 1.18. The van der Waals surface area contributed by atoms with Gasteiger partial charge in [0, 0.05) is 13.1 Å². The molecule has 1 fully saturated rings. The highest BCUT2D eigenvalue weighted by atomic mass is 16.2. The van der Waals surface area contributed by atoms with Crippen LogP contribution >= 0.6 is 0 Å². The third kappa shape index (κ3) is 3.03. The molecule has 0 radical (unpaired) electrons. The van der Waals surface area contributed by atoms with Crippen LogP contribution in [0.15, 0.2) is 0 Å². The number of rotatable bonds is 3. The first-order valence-electron chi connectivity index (χ1n) is 4.36. The average molecular weight is 196 g/mol. The van der Waals surface area contributed by atoms with E-state index in [1.807, 2.05) is 0 Å². The van der Waals surface area contributed by atoms with Crippen molar-refractivity contribution < 1.29 is 9.59 Å². The lowest BCUT2D eigenvalue weighted by Gasteiger charge is -2.26. The Morgan fingerprint density at radius 2 is 2.50 bits per heavy atom. The fourth-order valence-corrected chi connectivity index (χ4v) is 1.18. The van der Waals surface area contributed by atoms with E-state index in [9.17, 15) is 9.59 Å². The van der Waals surface area contributed by atoms with E-state index in [0.29, 0.717) is 13.1 Å². The lowest BCUT2D eigenvalue weighted by atomic mass is 10.3. The zero-order valence-electron chi connectivity index (χ0n) is 7.75. The van der Waals surface area contributed by atoms with Crippen molar-refractivity contribution in [2.24, 2.45) is 0 Å². The largest absolute Gasteiger partial charge is 0.341 e. The number of nitrogens with one attached hydrogen (secondary N) is 2. The molecule has 0 aliphatic carbocycles. The van der Waals surface area contributed by atoms with Crippen LogP contribution in [-0.4, -0.2) is 49.4 Å². The number of carbonyl (C=O) groups is 2. The van der Waals surface area contributed by atoms with Crippen LogP contribution in [0, 0.1) is 11.3 Å². The Labute approximate surface area is 81.9 Å². The average Bonchev–Trinajstić information content (AvgIpc) is 2.18. The van der Waals surface area contributed by atoms with Gasteiger partial charge < -0.3 is 15.5 Å². The van der Waals surface area contributed by atoms with Gasteiger partial charge in [-0.2, -0.15) is 5.26 Å². The number of hydrogen-bond donors (Lipinski definition) is 2. The van der Waals surface area contributed by atoms with E-state index in [4.69, 9.17) is 5.26 Å². The van der Waals surface area contributed by atoms with Crippen LogP contribution in [0.4, 0.5) is 0 Å². The molecule has 14 heavy (non-hydrogen) atoms. The molecular weight excluding hydrogens is 184 g/mol. The topological polar surface area (TPSA) is 85.2 Å².